The second-order valence-corrected chi connectivity index (χ2v) is 32.1. The van der Waals surface area contributed by atoms with Crippen molar-refractivity contribution in [1.29, 1.82) is 0 Å². The zero-order valence-electron chi connectivity index (χ0n) is 47.4. The zero-order chi connectivity index (χ0) is 52.0. The first-order valence-electron chi connectivity index (χ1n) is 26.5. The van der Waals surface area contributed by atoms with Gasteiger partial charge in [-0.2, -0.15) is 0 Å². The van der Waals surface area contributed by atoms with Gasteiger partial charge in [0.15, 0.2) is 0 Å². The van der Waals surface area contributed by atoms with Crippen LogP contribution in [-0.2, 0) is 53.1 Å². The molecule has 0 aliphatic rings. The maximum absolute atomic E-state index is 5.80. The highest BCUT2D eigenvalue weighted by atomic mass is 32.2. The molecule has 0 fully saturated rings. The van der Waals surface area contributed by atoms with Gasteiger partial charge >= 0.3 is 35.2 Å². The van der Waals surface area contributed by atoms with E-state index >= 15 is 0 Å². The summed E-state index contributed by atoms with van der Waals surface area (Å²) in [6, 6.07) is 3.26. The lowest BCUT2D eigenvalue weighted by atomic mass is 10.0. The van der Waals surface area contributed by atoms with Crippen LogP contribution in [0.25, 0.3) is 0 Å². The number of nitrogens with one attached hydrogen (secondary N) is 2. The lowest BCUT2D eigenvalue weighted by molar-refractivity contribution is 0.122. The largest absolute Gasteiger partial charge is 0.500 e. The van der Waals surface area contributed by atoms with Crippen molar-refractivity contribution in [2.45, 2.75) is 177 Å². The monoisotopic (exact) mass is 1080 g/mol. The molecule has 0 aromatic heterocycles. The zero-order valence-corrected chi connectivity index (χ0v) is 52.2. The molecule has 0 aromatic carbocycles. The summed E-state index contributed by atoms with van der Waals surface area (Å²) >= 11 is 2.25. The number of thioether (sulfide) groups is 1. The SMILES string of the molecule is CCN(CC)C(CCCCCCCCC[Si](OC)(OC)OC)(CNCCC[Si](OC)(OC)OC)SC(CCCCCCCCC[Si](OC)(OC)OC)(CNCCC[Si](OC)(OC)OC)N(CC)CC. The molecule has 0 amide bonds. The van der Waals surface area contributed by atoms with Crippen molar-refractivity contribution < 1.29 is 53.1 Å². The minimum atomic E-state index is -2.68. The topological polar surface area (TPSA) is 141 Å². The van der Waals surface area contributed by atoms with E-state index in [1.54, 1.807) is 85.3 Å². The fraction of sp³-hybridized carbons (Fsp3) is 1.00. The molecular weight excluding hydrogens is 969 g/mol. The van der Waals surface area contributed by atoms with Gasteiger partial charge in [0.25, 0.3) is 0 Å². The minimum absolute atomic E-state index is 0.143. The Morgan fingerprint density at radius 2 is 0.536 bits per heavy atom. The van der Waals surface area contributed by atoms with Crippen LogP contribution in [0.2, 0.25) is 24.2 Å². The standard InChI is InChI=1S/C48H110N4O12SSi4/c1-17-51(18-2)47(45-49-39-35-43-68(59-11,60-12)61-13,37-31-27-23-21-25-29-33-41-66(53-5,54-6)55-7)65-48(52(19-3)20-4,46-50-40-36-44-69(62-14,63-15)64-16)38-32-28-24-22-26-30-34-42-67(56-8,57-9)58-10/h49-50H,17-46H2,1-16H3. The third-order valence-electron chi connectivity index (χ3n) is 14.4. The first-order valence-corrected chi connectivity index (χ1v) is 35.1. The Morgan fingerprint density at radius 1 is 0.319 bits per heavy atom. The third-order valence-corrected chi connectivity index (χ3v) is 27.7. The van der Waals surface area contributed by atoms with Crippen molar-refractivity contribution in [2.24, 2.45) is 0 Å². The average Bonchev–Trinajstić information content (AvgIpc) is 3.38. The van der Waals surface area contributed by atoms with Crippen LogP contribution in [0.15, 0.2) is 0 Å². The summed E-state index contributed by atoms with van der Waals surface area (Å²) in [4.78, 5) is 5.25. The van der Waals surface area contributed by atoms with Crippen LogP contribution in [0.3, 0.4) is 0 Å². The van der Waals surface area contributed by atoms with Crippen molar-refractivity contribution in [3.05, 3.63) is 0 Å². The van der Waals surface area contributed by atoms with Crippen molar-refractivity contribution in [2.75, 3.05) is 138 Å². The highest BCUT2D eigenvalue weighted by Crippen LogP contribution is 2.47. The van der Waals surface area contributed by atoms with Crippen LogP contribution in [-0.4, -0.2) is 192 Å². The van der Waals surface area contributed by atoms with Crippen molar-refractivity contribution in [3.8, 4) is 0 Å². The van der Waals surface area contributed by atoms with Crippen LogP contribution in [0, 0.1) is 0 Å². The van der Waals surface area contributed by atoms with Gasteiger partial charge in [-0.3, -0.25) is 9.80 Å². The molecule has 16 nitrogen and oxygen atoms in total. The van der Waals surface area contributed by atoms with E-state index in [2.05, 4.69) is 59.9 Å². The van der Waals surface area contributed by atoms with Crippen LogP contribution in [0.1, 0.15) is 143 Å². The Labute approximate surface area is 433 Å². The fourth-order valence-corrected chi connectivity index (χ4v) is 19.2. The van der Waals surface area contributed by atoms with Gasteiger partial charge in [0.1, 0.15) is 0 Å². The van der Waals surface area contributed by atoms with Crippen molar-refractivity contribution in [3.63, 3.8) is 0 Å². The number of likely N-dealkylation sites (N-methyl/N-ethyl adjacent to an activating group) is 2. The van der Waals surface area contributed by atoms with Crippen LogP contribution >= 0.6 is 11.8 Å². The van der Waals surface area contributed by atoms with Gasteiger partial charge in [0.2, 0.25) is 0 Å². The van der Waals surface area contributed by atoms with Gasteiger partial charge in [-0.05, 0) is 77.8 Å². The van der Waals surface area contributed by atoms with E-state index in [4.69, 9.17) is 53.1 Å². The quantitative estimate of drug-likeness (QED) is 0.0339. The molecule has 0 aliphatic heterocycles. The molecule has 416 valence electrons. The average molecular weight is 1080 g/mol. The van der Waals surface area contributed by atoms with E-state index in [0.29, 0.717) is 0 Å². The molecule has 2 atom stereocenters. The summed E-state index contributed by atoms with van der Waals surface area (Å²) in [5.74, 6) is 0. The van der Waals surface area contributed by atoms with Gasteiger partial charge < -0.3 is 63.7 Å². The second-order valence-electron chi connectivity index (χ2n) is 18.0. The van der Waals surface area contributed by atoms with Crippen molar-refractivity contribution in [1.82, 2.24) is 20.4 Å². The lowest BCUT2D eigenvalue weighted by Crippen LogP contribution is -2.61. The minimum Gasteiger partial charge on any atom is -0.377 e. The molecule has 0 spiro atoms. The van der Waals surface area contributed by atoms with E-state index in [0.717, 1.165) is 128 Å². The van der Waals surface area contributed by atoms with E-state index in [9.17, 15) is 0 Å². The maximum Gasteiger partial charge on any atom is 0.500 e. The fourth-order valence-electron chi connectivity index (χ4n) is 9.88. The predicted molar refractivity (Wildman–Crippen MR) is 294 cm³/mol. The summed E-state index contributed by atoms with van der Waals surface area (Å²) in [6.45, 7) is 16.8. The molecule has 2 unspecified atom stereocenters. The Hall–Kier alpha value is 0.578. The van der Waals surface area contributed by atoms with E-state index in [1.807, 2.05) is 0 Å². The lowest BCUT2D eigenvalue weighted by Gasteiger charge is -2.53. The normalized spacial score (nSPS) is 14.9. The number of hydrogen-bond donors (Lipinski definition) is 2. The molecule has 2 N–H and O–H groups in total. The Balaban J connectivity index is 6.70. The van der Waals surface area contributed by atoms with Crippen LogP contribution in [0.4, 0.5) is 0 Å². The van der Waals surface area contributed by atoms with Crippen LogP contribution < -0.4 is 10.6 Å². The highest BCUT2D eigenvalue weighted by Gasteiger charge is 2.47. The number of nitrogens with zero attached hydrogens (tertiary/aromatic N) is 2. The molecule has 0 heterocycles. The van der Waals surface area contributed by atoms with E-state index in [1.165, 1.54) is 64.2 Å². The Kier molecular flexibility index (Phi) is 41.2. The number of rotatable bonds is 52. The Bertz CT molecular complexity index is 1060. The first kappa shape index (κ1) is 69.6. The first-order chi connectivity index (χ1) is 33.3. The summed E-state index contributed by atoms with van der Waals surface area (Å²) < 4.78 is 68.8. The molecular formula is C48H110N4O12SSi4. The molecule has 0 rings (SSSR count). The predicted octanol–water partition coefficient (Wildman–Crippen LogP) is 9.51. The number of hydrogen-bond acceptors (Lipinski definition) is 17. The molecule has 0 bridgehead atoms. The van der Waals surface area contributed by atoms with Crippen molar-refractivity contribution >= 4 is 47.0 Å². The van der Waals surface area contributed by atoms with Gasteiger partial charge in [-0.15, -0.1) is 11.8 Å². The highest BCUT2D eigenvalue weighted by molar-refractivity contribution is 8.02. The maximum atomic E-state index is 5.80. The number of unbranched alkanes of at least 4 members (excludes halogenated alkanes) is 12. The van der Waals surface area contributed by atoms with Gasteiger partial charge in [-0.1, -0.05) is 105 Å². The smallest absolute Gasteiger partial charge is 0.377 e. The van der Waals surface area contributed by atoms with Gasteiger partial charge in [0.05, 0.1) is 9.74 Å². The van der Waals surface area contributed by atoms with Gasteiger partial charge in [-0.25, -0.2) is 0 Å². The second kappa shape index (κ2) is 40.8. The summed E-state index contributed by atoms with van der Waals surface area (Å²) in [7, 11) is 10.1. The van der Waals surface area contributed by atoms with Gasteiger partial charge in [0, 0.05) is 123 Å². The molecule has 0 saturated carbocycles. The Morgan fingerprint density at radius 3 is 0.768 bits per heavy atom. The molecule has 0 aromatic rings. The molecule has 69 heavy (non-hydrogen) atoms. The molecule has 0 radical (unpaired) electrons. The molecule has 0 aliphatic carbocycles. The van der Waals surface area contributed by atoms with Crippen LogP contribution in [0.5, 0.6) is 0 Å². The van der Waals surface area contributed by atoms with E-state index < -0.39 is 35.2 Å². The third kappa shape index (κ3) is 24.9. The van der Waals surface area contributed by atoms with E-state index in [-0.39, 0.29) is 9.74 Å². The summed E-state index contributed by atoms with van der Waals surface area (Å²) in [6.07, 6.45) is 20.6. The molecule has 0 saturated heterocycles. The summed E-state index contributed by atoms with van der Waals surface area (Å²) in [5, 5.41) is 8.04. The summed E-state index contributed by atoms with van der Waals surface area (Å²) in [5.41, 5.74) is 0. The molecule has 21 heteroatoms.